The minimum absolute atomic E-state index is 0.0584. The molecule has 0 radical (unpaired) electrons. The molecule has 214 valence electrons. The van der Waals surface area contributed by atoms with Crippen LogP contribution in [0.5, 0.6) is 17.2 Å². The maximum Gasteiger partial charge on any atom is 0.241 e. The van der Waals surface area contributed by atoms with Crippen molar-refractivity contribution in [2.45, 2.75) is 19.1 Å². The molecular weight excluding hydrogens is 530 g/mol. The Morgan fingerprint density at radius 3 is 2.46 bits per heavy atom. The molecule has 1 amide bonds. The maximum atomic E-state index is 15.0. The van der Waals surface area contributed by atoms with Crippen molar-refractivity contribution in [3.8, 4) is 17.2 Å². The molecule has 1 fully saturated rings. The largest absolute Gasteiger partial charge is 0.496 e. The molecule has 0 spiro atoms. The molecule has 5 rings (SSSR count). The summed E-state index contributed by atoms with van der Waals surface area (Å²) < 4.78 is 52.4. The lowest BCUT2D eigenvalue weighted by Gasteiger charge is -2.36. The lowest BCUT2D eigenvalue weighted by molar-refractivity contribution is -0.119. The summed E-state index contributed by atoms with van der Waals surface area (Å²) >= 11 is 0. The number of hydrogen-bond acceptors (Lipinski definition) is 6. The summed E-state index contributed by atoms with van der Waals surface area (Å²) in [6.45, 7) is 1.37. The van der Waals surface area contributed by atoms with Gasteiger partial charge in [-0.15, -0.1) is 0 Å². The van der Waals surface area contributed by atoms with Crippen LogP contribution in [-0.2, 0) is 16.1 Å². The van der Waals surface area contributed by atoms with Crippen LogP contribution in [0.2, 0.25) is 0 Å². The number of rotatable bonds is 12. The monoisotopic (exact) mass is 562 g/mol. The van der Waals surface area contributed by atoms with Crippen LogP contribution in [-0.4, -0.2) is 52.0 Å². The SMILES string of the molecule is COc1ccccc1COCCCOc1c(F)cc(N2C(=O)CNC[C@@H]2COc2ccc3ccccc3c2)cc1F. The smallest absolute Gasteiger partial charge is 0.241 e. The fourth-order valence-electron chi connectivity index (χ4n) is 4.83. The summed E-state index contributed by atoms with van der Waals surface area (Å²) in [6, 6.07) is 23.0. The van der Waals surface area contributed by atoms with Gasteiger partial charge in [0.05, 0.1) is 45.2 Å². The van der Waals surface area contributed by atoms with Crippen LogP contribution in [0.3, 0.4) is 0 Å². The van der Waals surface area contributed by atoms with Gasteiger partial charge in [0.1, 0.15) is 18.1 Å². The highest BCUT2D eigenvalue weighted by Crippen LogP contribution is 2.30. The van der Waals surface area contributed by atoms with Gasteiger partial charge in [-0.3, -0.25) is 4.79 Å². The van der Waals surface area contributed by atoms with E-state index in [2.05, 4.69) is 5.32 Å². The van der Waals surface area contributed by atoms with Crippen LogP contribution in [0.25, 0.3) is 10.8 Å². The number of carbonyl (C=O) groups is 1. The normalized spacial score (nSPS) is 15.2. The van der Waals surface area contributed by atoms with Gasteiger partial charge in [-0.2, -0.15) is 0 Å². The Balaban J connectivity index is 1.18. The number of para-hydroxylation sites is 1. The van der Waals surface area contributed by atoms with Crippen LogP contribution in [0.1, 0.15) is 12.0 Å². The minimum Gasteiger partial charge on any atom is -0.496 e. The van der Waals surface area contributed by atoms with Gasteiger partial charge in [0, 0.05) is 30.7 Å². The van der Waals surface area contributed by atoms with Crippen molar-refractivity contribution in [1.29, 1.82) is 0 Å². The number of hydrogen-bond donors (Lipinski definition) is 1. The quantitative estimate of drug-likeness (QED) is 0.230. The van der Waals surface area contributed by atoms with Gasteiger partial charge in [-0.05, 0) is 29.0 Å². The standard InChI is InChI=1S/C32H32F2N2O5/c1-38-30-10-5-4-9-24(30)20-39-13-6-14-40-32-28(33)16-25(17-29(32)34)36-26(18-35-19-31(36)37)21-41-27-12-11-22-7-2-3-8-23(22)15-27/h2-5,7-12,15-17,26,35H,6,13-14,18-21H2,1H3/t26-/m1/s1. The summed E-state index contributed by atoms with van der Waals surface area (Å²) in [5.74, 6) is -1.16. The molecule has 0 bridgehead atoms. The zero-order valence-electron chi connectivity index (χ0n) is 22.8. The molecule has 0 saturated carbocycles. The van der Waals surface area contributed by atoms with E-state index in [1.807, 2.05) is 66.7 Å². The molecule has 7 nitrogen and oxygen atoms in total. The first kappa shape index (κ1) is 28.3. The lowest BCUT2D eigenvalue weighted by Crippen LogP contribution is -2.57. The Labute approximate surface area is 237 Å². The van der Waals surface area contributed by atoms with Crippen LogP contribution in [0, 0.1) is 11.6 Å². The average Bonchev–Trinajstić information content (AvgIpc) is 2.99. The number of benzene rings is 4. The van der Waals surface area contributed by atoms with E-state index < -0.39 is 23.4 Å². The summed E-state index contributed by atoms with van der Waals surface area (Å²) in [7, 11) is 1.60. The Bertz CT molecular complexity index is 1480. The zero-order valence-corrected chi connectivity index (χ0v) is 22.8. The number of halogens is 2. The number of carbonyl (C=O) groups excluding carboxylic acids is 1. The minimum atomic E-state index is -0.879. The number of ether oxygens (including phenoxy) is 4. The summed E-state index contributed by atoms with van der Waals surface area (Å²) in [5, 5.41) is 5.17. The number of nitrogens with zero attached hydrogens (tertiary/aromatic N) is 1. The molecule has 9 heteroatoms. The third-order valence-electron chi connectivity index (χ3n) is 6.84. The third kappa shape index (κ3) is 6.93. The molecule has 1 aliphatic heterocycles. The van der Waals surface area contributed by atoms with Crippen LogP contribution in [0.15, 0.2) is 78.9 Å². The van der Waals surface area contributed by atoms with Crippen LogP contribution >= 0.6 is 0 Å². The second-order valence-electron chi connectivity index (χ2n) is 9.67. The first-order valence-corrected chi connectivity index (χ1v) is 13.5. The van der Waals surface area contributed by atoms with Gasteiger partial charge in [0.25, 0.3) is 0 Å². The number of anilines is 1. The number of fused-ring (bicyclic) bond motifs is 1. The Kier molecular flexibility index (Phi) is 9.28. The van der Waals surface area contributed by atoms with Gasteiger partial charge in [-0.1, -0.05) is 48.5 Å². The van der Waals surface area contributed by atoms with Crippen LogP contribution < -0.4 is 24.4 Å². The predicted molar refractivity (Wildman–Crippen MR) is 153 cm³/mol. The van der Waals surface area contributed by atoms with Gasteiger partial charge in [-0.25, -0.2) is 8.78 Å². The van der Waals surface area contributed by atoms with E-state index >= 15 is 8.78 Å². The molecule has 41 heavy (non-hydrogen) atoms. The topological polar surface area (TPSA) is 69.3 Å². The van der Waals surface area contributed by atoms with Gasteiger partial charge in [0.2, 0.25) is 5.91 Å². The number of amides is 1. The Morgan fingerprint density at radius 1 is 0.902 bits per heavy atom. The molecule has 4 aromatic rings. The van der Waals surface area contributed by atoms with E-state index in [0.29, 0.717) is 31.9 Å². The molecule has 4 aromatic carbocycles. The highest BCUT2D eigenvalue weighted by Gasteiger charge is 2.31. The second-order valence-corrected chi connectivity index (χ2v) is 9.67. The zero-order chi connectivity index (χ0) is 28.6. The molecule has 0 aliphatic carbocycles. The van der Waals surface area contributed by atoms with Gasteiger partial charge >= 0.3 is 0 Å². The van der Waals surface area contributed by atoms with E-state index in [1.165, 1.54) is 4.90 Å². The van der Waals surface area contributed by atoms with Crippen molar-refractivity contribution in [3.05, 3.63) is 96.1 Å². The third-order valence-corrected chi connectivity index (χ3v) is 6.84. The second kappa shape index (κ2) is 13.4. The molecule has 1 aliphatic rings. The van der Waals surface area contributed by atoms with Crippen LogP contribution in [0.4, 0.5) is 14.5 Å². The molecule has 1 saturated heterocycles. The fourth-order valence-corrected chi connectivity index (χ4v) is 4.83. The molecule has 0 aromatic heterocycles. The Morgan fingerprint density at radius 2 is 1.66 bits per heavy atom. The van der Waals surface area contributed by atoms with Crippen molar-refractivity contribution in [1.82, 2.24) is 5.32 Å². The summed E-state index contributed by atoms with van der Waals surface area (Å²) in [6.07, 6.45) is 0.431. The van der Waals surface area contributed by atoms with E-state index in [-0.39, 0.29) is 31.4 Å². The summed E-state index contributed by atoms with van der Waals surface area (Å²) in [5.41, 5.74) is 1.03. The fraction of sp³-hybridized carbons (Fsp3) is 0.281. The van der Waals surface area contributed by atoms with Crippen molar-refractivity contribution >= 4 is 22.4 Å². The van der Waals surface area contributed by atoms with E-state index in [1.54, 1.807) is 7.11 Å². The van der Waals surface area contributed by atoms with Crippen molar-refractivity contribution in [3.63, 3.8) is 0 Å². The molecule has 1 heterocycles. The first-order chi connectivity index (χ1) is 20.0. The van der Waals surface area contributed by atoms with Crippen molar-refractivity contribution < 1.29 is 32.5 Å². The number of nitrogens with one attached hydrogen (secondary N) is 1. The average molecular weight is 563 g/mol. The molecule has 0 unspecified atom stereocenters. The van der Waals surface area contributed by atoms with E-state index in [4.69, 9.17) is 18.9 Å². The highest BCUT2D eigenvalue weighted by atomic mass is 19.1. The predicted octanol–water partition coefficient (Wildman–Crippen LogP) is 5.50. The Hall–Kier alpha value is -4.21. The summed E-state index contributed by atoms with van der Waals surface area (Å²) in [4.78, 5) is 14.2. The first-order valence-electron chi connectivity index (χ1n) is 13.5. The van der Waals surface area contributed by atoms with E-state index in [0.717, 1.165) is 34.2 Å². The number of piperazine rings is 1. The van der Waals surface area contributed by atoms with Gasteiger partial charge < -0.3 is 29.2 Å². The molecule has 1 atom stereocenters. The molecule has 1 N–H and O–H groups in total. The highest BCUT2D eigenvalue weighted by molar-refractivity contribution is 5.96. The van der Waals surface area contributed by atoms with Crippen molar-refractivity contribution in [2.75, 3.05) is 44.9 Å². The molecular formula is C32H32F2N2O5. The maximum absolute atomic E-state index is 15.0. The van der Waals surface area contributed by atoms with Gasteiger partial charge in [0.15, 0.2) is 17.4 Å². The van der Waals surface area contributed by atoms with E-state index in [9.17, 15) is 4.79 Å². The lowest BCUT2D eigenvalue weighted by atomic mass is 10.1. The number of methoxy groups -OCH3 is 1. The van der Waals surface area contributed by atoms with Crippen molar-refractivity contribution in [2.24, 2.45) is 0 Å².